The zero-order valence-corrected chi connectivity index (χ0v) is 24.7. The van der Waals surface area contributed by atoms with E-state index in [0.29, 0.717) is 12.1 Å². The number of carboxylic acid groups (broad SMARTS) is 1. The molecule has 7 nitrogen and oxygen atoms in total. The van der Waals surface area contributed by atoms with Gasteiger partial charge in [0.1, 0.15) is 6.04 Å². The molecule has 1 heterocycles. The highest BCUT2D eigenvalue weighted by molar-refractivity contribution is 6.99. The average molecular weight is 556 g/mol. The van der Waals surface area contributed by atoms with Gasteiger partial charge >= 0.3 is 5.97 Å². The highest BCUT2D eigenvalue weighted by Gasteiger charge is 2.50. The molecular formula is C32H37N3O4Si. The van der Waals surface area contributed by atoms with Crippen molar-refractivity contribution in [2.75, 3.05) is 11.5 Å². The smallest absolute Gasteiger partial charge is 0.326 e. The van der Waals surface area contributed by atoms with Gasteiger partial charge in [-0.2, -0.15) is 5.10 Å². The van der Waals surface area contributed by atoms with Crippen LogP contribution >= 0.6 is 0 Å². The Balaban J connectivity index is 1.61. The van der Waals surface area contributed by atoms with E-state index in [-0.39, 0.29) is 18.1 Å². The van der Waals surface area contributed by atoms with Gasteiger partial charge in [-0.25, -0.2) is 9.48 Å². The van der Waals surface area contributed by atoms with Crippen LogP contribution in [0.2, 0.25) is 5.04 Å². The number of nitrogens with zero attached hydrogens (tertiary/aromatic N) is 3. The molecule has 0 unspecified atom stereocenters. The molecular weight excluding hydrogens is 518 g/mol. The van der Waals surface area contributed by atoms with Crippen LogP contribution in [-0.2, 0) is 14.0 Å². The summed E-state index contributed by atoms with van der Waals surface area (Å²) >= 11 is 0. The van der Waals surface area contributed by atoms with Crippen molar-refractivity contribution in [1.29, 1.82) is 0 Å². The third kappa shape index (κ3) is 5.78. The van der Waals surface area contributed by atoms with Crippen molar-refractivity contribution in [2.45, 2.75) is 52.1 Å². The maximum absolute atomic E-state index is 12.4. The summed E-state index contributed by atoms with van der Waals surface area (Å²) in [5.74, 6) is -1.08. The third-order valence-corrected chi connectivity index (χ3v) is 12.3. The Bertz CT molecular complexity index is 1390. The number of aryl methyl sites for hydroxylation is 2. The Kier molecular flexibility index (Phi) is 8.71. The van der Waals surface area contributed by atoms with E-state index in [1.54, 1.807) is 12.1 Å². The molecule has 1 amide bonds. The zero-order valence-electron chi connectivity index (χ0n) is 23.7. The van der Waals surface area contributed by atoms with Crippen LogP contribution in [0.4, 0.5) is 5.69 Å². The summed E-state index contributed by atoms with van der Waals surface area (Å²) in [5, 5.41) is 16.7. The molecule has 0 aliphatic rings. The van der Waals surface area contributed by atoms with Crippen molar-refractivity contribution in [2.24, 2.45) is 0 Å². The summed E-state index contributed by atoms with van der Waals surface area (Å²) in [6.45, 7) is 10.6. The fourth-order valence-electron chi connectivity index (χ4n) is 5.44. The Hall–Kier alpha value is -4.01. The van der Waals surface area contributed by atoms with Gasteiger partial charge in [0.25, 0.3) is 8.32 Å². The van der Waals surface area contributed by atoms with Crippen LogP contribution in [0.15, 0.2) is 91.0 Å². The predicted octanol–water partition coefficient (Wildman–Crippen LogP) is 4.87. The summed E-state index contributed by atoms with van der Waals surface area (Å²) in [5.41, 5.74) is 3.23. The lowest BCUT2D eigenvalue weighted by Gasteiger charge is -2.43. The first-order valence-corrected chi connectivity index (χ1v) is 15.3. The van der Waals surface area contributed by atoms with Gasteiger partial charge < -0.3 is 14.4 Å². The number of carboxylic acids is 1. The predicted molar refractivity (Wildman–Crippen MR) is 161 cm³/mol. The minimum Gasteiger partial charge on any atom is -0.480 e. The normalized spacial score (nSPS) is 12.6. The number of anilines is 1. The number of carbonyl (C=O) groups is 2. The van der Waals surface area contributed by atoms with E-state index in [1.165, 1.54) is 4.90 Å². The van der Waals surface area contributed by atoms with E-state index in [1.807, 2.05) is 73.1 Å². The van der Waals surface area contributed by atoms with E-state index in [9.17, 15) is 14.7 Å². The van der Waals surface area contributed by atoms with Crippen LogP contribution in [0.3, 0.4) is 0 Å². The van der Waals surface area contributed by atoms with Crippen molar-refractivity contribution in [3.8, 4) is 5.69 Å². The van der Waals surface area contributed by atoms with Gasteiger partial charge in [-0.3, -0.25) is 4.79 Å². The van der Waals surface area contributed by atoms with Crippen LogP contribution in [0.5, 0.6) is 0 Å². The number of benzene rings is 3. The number of hydrogen-bond donors (Lipinski definition) is 1. The Morgan fingerprint density at radius 1 is 0.975 bits per heavy atom. The average Bonchev–Trinajstić information content (AvgIpc) is 3.28. The molecule has 0 spiro atoms. The summed E-state index contributed by atoms with van der Waals surface area (Å²) in [6, 6.07) is 28.5. The Morgan fingerprint density at radius 3 is 1.95 bits per heavy atom. The van der Waals surface area contributed by atoms with Crippen molar-refractivity contribution in [3.05, 3.63) is 102 Å². The molecule has 8 heteroatoms. The molecule has 0 saturated carbocycles. The van der Waals surface area contributed by atoms with Gasteiger partial charge in [-0.15, -0.1) is 0 Å². The minimum absolute atomic E-state index is 0.137. The second kappa shape index (κ2) is 12.0. The second-order valence-electron chi connectivity index (χ2n) is 11.0. The fraction of sp³-hybridized carbons (Fsp3) is 0.281. The van der Waals surface area contributed by atoms with Crippen molar-refractivity contribution >= 4 is 36.8 Å². The van der Waals surface area contributed by atoms with Crippen molar-refractivity contribution < 1.29 is 19.1 Å². The van der Waals surface area contributed by atoms with Crippen LogP contribution < -0.4 is 15.3 Å². The lowest BCUT2D eigenvalue weighted by atomic mass is 10.1. The molecule has 3 aromatic carbocycles. The SMILES string of the molecule is Cc1cc(C)n(-c2ccc(N(C=O)[C@@H](CCO[Si](c3ccccc3)(c3ccccc3)C(C)(C)C)C(=O)O)cc2)n1. The standard InChI is InChI=1S/C32H37N3O4Si/c1-24-22-25(2)35(33-24)27-18-16-26(17-19-27)34(23-36)30(31(37)38)20-21-39-40(32(3,4)5,28-12-8-6-9-13-28)29-14-10-7-11-15-29/h6-19,22-23,30H,20-21H2,1-5H3,(H,37,38)/t30-/m0/s1. The number of aromatic nitrogens is 2. The highest BCUT2D eigenvalue weighted by atomic mass is 28.4. The summed E-state index contributed by atoms with van der Waals surface area (Å²) < 4.78 is 8.71. The summed E-state index contributed by atoms with van der Waals surface area (Å²) in [6.07, 6.45) is 0.720. The number of amides is 1. The van der Waals surface area contributed by atoms with Gasteiger partial charge in [0.15, 0.2) is 0 Å². The van der Waals surface area contributed by atoms with Gasteiger partial charge in [-0.1, -0.05) is 81.4 Å². The van der Waals surface area contributed by atoms with Crippen LogP contribution in [0, 0.1) is 13.8 Å². The lowest BCUT2D eigenvalue weighted by Crippen LogP contribution is -2.66. The summed E-state index contributed by atoms with van der Waals surface area (Å²) in [7, 11) is -2.83. The van der Waals surface area contributed by atoms with Gasteiger partial charge in [0.05, 0.1) is 11.4 Å². The molecule has 0 aliphatic carbocycles. The second-order valence-corrected chi connectivity index (χ2v) is 15.3. The molecule has 1 N–H and O–H groups in total. The minimum atomic E-state index is -2.83. The molecule has 1 atom stereocenters. The number of rotatable bonds is 11. The molecule has 0 aliphatic heterocycles. The Morgan fingerprint density at radius 2 is 1.52 bits per heavy atom. The number of hydrogen-bond acceptors (Lipinski definition) is 4. The molecule has 1 aromatic heterocycles. The molecule has 208 valence electrons. The molecule has 4 aromatic rings. The maximum Gasteiger partial charge on any atom is 0.326 e. The van der Waals surface area contributed by atoms with Crippen molar-refractivity contribution in [1.82, 2.24) is 9.78 Å². The molecule has 4 rings (SSSR count). The largest absolute Gasteiger partial charge is 0.480 e. The molecule has 0 bridgehead atoms. The van der Waals surface area contributed by atoms with E-state index in [2.05, 4.69) is 50.1 Å². The van der Waals surface area contributed by atoms with E-state index < -0.39 is 20.3 Å². The molecule has 0 saturated heterocycles. The topological polar surface area (TPSA) is 84.7 Å². The maximum atomic E-state index is 12.4. The first-order chi connectivity index (χ1) is 19.1. The molecule has 40 heavy (non-hydrogen) atoms. The van der Waals surface area contributed by atoms with Crippen LogP contribution in [-0.4, -0.2) is 48.2 Å². The van der Waals surface area contributed by atoms with E-state index >= 15 is 0 Å². The third-order valence-electron chi connectivity index (χ3n) is 7.26. The first kappa shape index (κ1) is 29.0. The fourth-order valence-corrected chi connectivity index (χ4v) is 10.0. The quantitative estimate of drug-likeness (QED) is 0.211. The first-order valence-electron chi connectivity index (χ1n) is 13.4. The number of aliphatic carboxylic acids is 1. The number of carbonyl (C=O) groups excluding carboxylic acids is 1. The highest BCUT2D eigenvalue weighted by Crippen LogP contribution is 2.37. The van der Waals surface area contributed by atoms with Gasteiger partial charge in [0, 0.05) is 24.4 Å². The lowest BCUT2D eigenvalue weighted by molar-refractivity contribution is -0.139. The Labute approximate surface area is 237 Å². The van der Waals surface area contributed by atoms with Gasteiger partial charge in [0.2, 0.25) is 6.41 Å². The summed E-state index contributed by atoms with van der Waals surface area (Å²) in [4.78, 5) is 25.9. The van der Waals surface area contributed by atoms with Crippen molar-refractivity contribution in [3.63, 3.8) is 0 Å². The molecule has 0 fully saturated rings. The zero-order chi connectivity index (χ0) is 28.9. The monoisotopic (exact) mass is 555 g/mol. The van der Waals surface area contributed by atoms with Crippen LogP contribution in [0.1, 0.15) is 38.6 Å². The molecule has 0 radical (unpaired) electrons. The van der Waals surface area contributed by atoms with Gasteiger partial charge in [-0.05, 0) is 59.6 Å². The van der Waals surface area contributed by atoms with Crippen LogP contribution in [0.25, 0.3) is 5.69 Å². The van der Waals surface area contributed by atoms with E-state index in [0.717, 1.165) is 27.4 Å². The van der Waals surface area contributed by atoms with E-state index in [4.69, 9.17) is 4.43 Å².